The molecule has 2 aromatic carbocycles. The van der Waals surface area contributed by atoms with Crippen molar-refractivity contribution in [3.05, 3.63) is 72.4 Å². The highest BCUT2D eigenvalue weighted by molar-refractivity contribution is 5.81. The lowest BCUT2D eigenvalue weighted by Crippen LogP contribution is -1.99. The lowest BCUT2D eigenvalue weighted by atomic mass is 10.1. The maximum absolute atomic E-state index is 9.59. The maximum Gasteiger partial charge on any atom is 0.143 e. The van der Waals surface area contributed by atoms with Crippen LogP contribution in [0.15, 0.2) is 66.9 Å². The third-order valence-electron chi connectivity index (χ3n) is 4.28. The Kier molecular flexibility index (Phi) is 3.97. The molecule has 130 valence electrons. The van der Waals surface area contributed by atoms with Gasteiger partial charge in [0.05, 0.1) is 12.8 Å². The first-order valence-electron chi connectivity index (χ1n) is 8.34. The number of rotatable bonds is 4. The van der Waals surface area contributed by atoms with Crippen LogP contribution in [0.5, 0.6) is 11.5 Å². The summed E-state index contributed by atoms with van der Waals surface area (Å²) >= 11 is 0. The van der Waals surface area contributed by atoms with Crippen molar-refractivity contribution in [1.82, 2.24) is 9.38 Å². The van der Waals surface area contributed by atoms with Crippen LogP contribution in [0.1, 0.15) is 5.56 Å². The van der Waals surface area contributed by atoms with Gasteiger partial charge in [0.2, 0.25) is 0 Å². The number of hydrogen-bond acceptors (Lipinski definition) is 4. The largest absolute Gasteiger partial charge is 0.508 e. The molecule has 2 heterocycles. The van der Waals surface area contributed by atoms with Crippen LogP contribution < -0.4 is 10.1 Å². The average molecular weight is 345 g/mol. The number of aromatic nitrogens is 2. The highest BCUT2D eigenvalue weighted by Gasteiger charge is 2.16. The lowest BCUT2D eigenvalue weighted by Gasteiger charge is -2.12. The molecular formula is C21H19N3O2. The molecule has 0 amide bonds. The summed E-state index contributed by atoms with van der Waals surface area (Å²) in [5.74, 6) is 1.83. The summed E-state index contributed by atoms with van der Waals surface area (Å²) in [6.07, 6.45) is 2.00. The van der Waals surface area contributed by atoms with Gasteiger partial charge < -0.3 is 15.2 Å². The van der Waals surface area contributed by atoms with Crippen molar-refractivity contribution in [2.75, 3.05) is 12.4 Å². The fraction of sp³-hybridized carbons (Fsp3) is 0.0952. The summed E-state index contributed by atoms with van der Waals surface area (Å²) < 4.78 is 7.48. The van der Waals surface area contributed by atoms with Gasteiger partial charge in [-0.25, -0.2) is 4.98 Å². The molecule has 0 saturated carbocycles. The first kappa shape index (κ1) is 16.0. The van der Waals surface area contributed by atoms with Gasteiger partial charge in [-0.05, 0) is 61.0 Å². The summed E-state index contributed by atoms with van der Waals surface area (Å²) in [7, 11) is 1.65. The van der Waals surface area contributed by atoms with Crippen LogP contribution in [-0.4, -0.2) is 21.6 Å². The van der Waals surface area contributed by atoms with Gasteiger partial charge in [-0.3, -0.25) is 4.40 Å². The molecule has 0 fully saturated rings. The highest BCUT2D eigenvalue weighted by Crippen LogP contribution is 2.34. The van der Waals surface area contributed by atoms with Gasteiger partial charge in [0.1, 0.15) is 28.7 Å². The predicted octanol–water partition coefficient (Wildman–Crippen LogP) is 4.77. The third kappa shape index (κ3) is 2.84. The van der Waals surface area contributed by atoms with Crippen molar-refractivity contribution in [3.8, 4) is 22.8 Å². The summed E-state index contributed by atoms with van der Waals surface area (Å²) in [5, 5.41) is 13.1. The fourth-order valence-corrected chi connectivity index (χ4v) is 2.96. The second kappa shape index (κ2) is 6.44. The first-order valence-corrected chi connectivity index (χ1v) is 8.34. The number of fused-ring (bicyclic) bond motifs is 1. The molecular weight excluding hydrogens is 326 g/mol. The SMILES string of the molecule is COc1ccccc1Nc1c(-c2ccc(O)cc2)nc2cc(C)ccn12. The average Bonchev–Trinajstić information content (AvgIpc) is 3.00. The van der Waals surface area contributed by atoms with E-state index in [1.54, 1.807) is 19.2 Å². The second-order valence-corrected chi connectivity index (χ2v) is 6.11. The Balaban J connectivity index is 1.91. The molecule has 4 rings (SSSR count). The quantitative estimate of drug-likeness (QED) is 0.559. The second-order valence-electron chi connectivity index (χ2n) is 6.11. The van der Waals surface area contributed by atoms with E-state index < -0.39 is 0 Å². The highest BCUT2D eigenvalue weighted by atomic mass is 16.5. The van der Waals surface area contributed by atoms with Gasteiger partial charge in [0.25, 0.3) is 0 Å². The van der Waals surface area contributed by atoms with Crippen LogP contribution in [0.4, 0.5) is 11.5 Å². The van der Waals surface area contributed by atoms with Crippen molar-refractivity contribution in [2.24, 2.45) is 0 Å². The Morgan fingerprint density at radius 1 is 1.04 bits per heavy atom. The van der Waals surface area contributed by atoms with Crippen molar-refractivity contribution in [1.29, 1.82) is 0 Å². The number of anilines is 2. The minimum absolute atomic E-state index is 0.229. The number of aryl methyl sites for hydroxylation is 1. The Labute approximate surface area is 151 Å². The Morgan fingerprint density at radius 2 is 1.81 bits per heavy atom. The molecule has 2 aromatic heterocycles. The van der Waals surface area contributed by atoms with Crippen molar-refractivity contribution in [2.45, 2.75) is 6.92 Å². The number of hydrogen-bond donors (Lipinski definition) is 2. The number of pyridine rings is 1. The van der Waals surface area contributed by atoms with Crippen LogP contribution in [0.2, 0.25) is 0 Å². The minimum atomic E-state index is 0.229. The number of imidazole rings is 1. The molecule has 0 radical (unpaired) electrons. The van der Waals surface area contributed by atoms with E-state index >= 15 is 0 Å². The molecule has 5 nitrogen and oxygen atoms in total. The lowest BCUT2D eigenvalue weighted by molar-refractivity contribution is 0.417. The smallest absolute Gasteiger partial charge is 0.143 e. The van der Waals surface area contributed by atoms with Crippen molar-refractivity contribution >= 4 is 17.2 Å². The molecule has 0 spiro atoms. The molecule has 0 aliphatic carbocycles. The number of para-hydroxylation sites is 2. The monoisotopic (exact) mass is 345 g/mol. The molecule has 0 unspecified atom stereocenters. The van der Waals surface area contributed by atoms with Crippen LogP contribution >= 0.6 is 0 Å². The van der Waals surface area contributed by atoms with E-state index in [0.29, 0.717) is 0 Å². The van der Waals surface area contributed by atoms with Gasteiger partial charge in [0, 0.05) is 11.8 Å². The standard InChI is InChI=1S/C21H19N3O2/c1-14-11-12-24-19(13-14)23-20(15-7-9-16(25)10-8-15)21(24)22-17-5-3-4-6-18(17)26-2/h3-13,22,25H,1-2H3. The van der Waals surface area contributed by atoms with E-state index in [1.165, 1.54) is 0 Å². The number of nitrogens with zero attached hydrogens (tertiary/aromatic N) is 2. The van der Waals surface area contributed by atoms with Crippen LogP contribution in [0.25, 0.3) is 16.9 Å². The van der Waals surface area contributed by atoms with E-state index in [9.17, 15) is 5.11 Å². The molecule has 26 heavy (non-hydrogen) atoms. The fourth-order valence-electron chi connectivity index (χ4n) is 2.96. The summed E-state index contributed by atoms with van der Waals surface area (Å²) in [6.45, 7) is 2.04. The Bertz CT molecular complexity index is 1070. The number of nitrogens with one attached hydrogen (secondary N) is 1. The third-order valence-corrected chi connectivity index (χ3v) is 4.28. The molecule has 0 atom stereocenters. The Hall–Kier alpha value is -3.47. The molecule has 2 N–H and O–H groups in total. The number of phenolic OH excluding ortho intramolecular Hbond substituents is 1. The zero-order valence-electron chi connectivity index (χ0n) is 14.6. The number of aromatic hydroxyl groups is 1. The summed E-state index contributed by atoms with van der Waals surface area (Å²) in [4.78, 5) is 4.80. The van der Waals surface area contributed by atoms with Crippen LogP contribution in [-0.2, 0) is 0 Å². The molecule has 0 aliphatic heterocycles. The molecule has 4 aromatic rings. The van der Waals surface area contributed by atoms with E-state index in [0.717, 1.165) is 39.7 Å². The molecule has 0 saturated heterocycles. The zero-order chi connectivity index (χ0) is 18.1. The normalized spacial score (nSPS) is 10.8. The van der Waals surface area contributed by atoms with E-state index in [1.807, 2.05) is 66.1 Å². The van der Waals surface area contributed by atoms with Gasteiger partial charge in [-0.2, -0.15) is 0 Å². The number of phenols is 1. The van der Waals surface area contributed by atoms with Gasteiger partial charge >= 0.3 is 0 Å². The predicted molar refractivity (Wildman–Crippen MR) is 103 cm³/mol. The van der Waals surface area contributed by atoms with E-state index in [2.05, 4.69) is 5.32 Å². The molecule has 0 bridgehead atoms. The van der Waals surface area contributed by atoms with Gasteiger partial charge in [0.15, 0.2) is 0 Å². The Morgan fingerprint density at radius 3 is 2.58 bits per heavy atom. The van der Waals surface area contributed by atoms with Crippen LogP contribution in [0.3, 0.4) is 0 Å². The molecule has 5 heteroatoms. The topological polar surface area (TPSA) is 58.8 Å². The van der Waals surface area contributed by atoms with Gasteiger partial charge in [-0.1, -0.05) is 12.1 Å². The summed E-state index contributed by atoms with van der Waals surface area (Å²) in [6, 6.07) is 18.9. The van der Waals surface area contributed by atoms with Crippen molar-refractivity contribution in [3.63, 3.8) is 0 Å². The van der Waals surface area contributed by atoms with Crippen LogP contribution in [0, 0.1) is 6.92 Å². The molecule has 0 aliphatic rings. The van der Waals surface area contributed by atoms with Crippen molar-refractivity contribution < 1.29 is 9.84 Å². The first-order chi connectivity index (χ1) is 12.7. The maximum atomic E-state index is 9.59. The zero-order valence-corrected chi connectivity index (χ0v) is 14.6. The number of ether oxygens (including phenoxy) is 1. The number of benzene rings is 2. The minimum Gasteiger partial charge on any atom is -0.508 e. The van der Waals surface area contributed by atoms with E-state index in [-0.39, 0.29) is 5.75 Å². The summed E-state index contributed by atoms with van der Waals surface area (Å²) in [5.41, 5.74) is 4.58. The van der Waals surface area contributed by atoms with Gasteiger partial charge in [-0.15, -0.1) is 0 Å². The number of methoxy groups -OCH3 is 1. The van der Waals surface area contributed by atoms with E-state index in [4.69, 9.17) is 9.72 Å².